The third-order valence-corrected chi connectivity index (χ3v) is 9.62. The Kier molecular flexibility index (Phi) is 8.50. The number of benzene rings is 2. The molecule has 1 aromatic heterocycles. The van der Waals surface area contributed by atoms with Crippen LogP contribution in [0.1, 0.15) is 36.8 Å². The minimum absolute atomic E-state index is 0.178. The van der Waals surface area contributed by atoms with Crippen LogP contribution >= 0.6 is 11.3 Å². The molecule has 2 aliphatic heterocycles. The van der Waals surface area contributed by atoms with Gasteiger partial charge in [-0.15, -0.1) is 11.3 Å². The molecule has 2 aliphatic rings. The minimum atomic E-state index is -5.63. The number of anilines is 2. The lowest BCUT2D eigenvalue weighted by Crippen LogP contribution is -2.39. The van der Waals surface area contributed by atoms with Crippen LogP contribution in [0.25, 0.3) is 0 Å². The van der Waals surface area contributed by atoms with Gasteiger partial charge in [0.05, 0.1) is 12.6 Å². The second-order valence-electron chi connectivity index (χ2n) is 9.92. The standard InChI is InChI=1S/C26H24F6N4O5S2/c1-40-22-7-6-19(27)17(18(22)11-35-15-2-3-16(35)5-4-15)10-33-14-8-20(28)24(21(29)9-14)43(38,39)36(23-12-42-13-34-23)41-25(37)26(30,31)32/h6-9,12-13,15-16,33H,2-5,10-11H2,1H3. The van der Waals surface area contributed by atoms with Crippen LogP contribution in [0.15, 0.2) is 40.1 Å². The summed E-state index contributed by atoms with van der Waals surface area (Å²) in [5.41, 5.74) is 1.44. The lowest BCUT2D eigenvalue weighted by molar-refractivity contribution is -0.199. The van der Waals surface area contributed by atoms with E-state index in [9.17, 15) is 26.4 Å². The van der Waals surface area contributed by atoms with Crippen LogP contribution in [0.4, 0.5) is 37.8 Å². The van der Waals surface area contributed by atoms with E-state index in [1.165, 1.54) is 19.2 Å². The highest BCUT2D eigenvalue weighted by atomic mass is 32.2. The van der Waals surface area contributed by atoms with Crippen LogP contribution in [-0.2, 0) is 32.7 Å². The summed E-state index contributed by atoms with van der Waals surface area (Å²) in [5, 5.41) is 3.57. The quantitative estimate of drug-likeness (QED) is 0.226. The fourth-order valence-electron chi connectivity index (χ4n) is 5.48. The van der Waals surface area contributed by atoms with E-state index in [1.54, 1.807) is 0 Å². The summed E-state index contributed by atoms with van der Waals surface area (Å²) in [5.74, 6) is -7.40. The number of nitrogens with one attached hydrogen (secondary N) is 1. The molecule has 0 radical (unpaired) electrons. The number of alkyl halides is 3. The molecule has 0 unspecified atom stereocenters. The van der Waals surface area contributed by atoms with Gasteiger partial charge in [-0.05, 0) is 49.9 Å². The third-order valence-electron chi connectivity index (χ3n) is 7.44. The molecular weight excluding hydrogens is 626 g/mol. The number of hydrogen-bond acceptors (Lipinski definition) is 9. The van der Waals surface area contributed by atoms with Gasteiger partial charge >= 0.3 is 22.2 Å². The first-order valence-corrected chi connectivity index (χ1v) is 15.2. The summed E-state index contributed by atoms with van der Waals surface area (Å²) < 4.78 is 115. The third kappa shape index (κ3) is 6.10. The van der Waals surface area contributed by atoms with Gasteiger partial charge < -0.3 is 14.9 Å². The Hall–Kier alpha value is -3.57. The van der Waals surface area contributed by atoms with Crippen molar-refractivity contribution in [2.75, 3.05) is 16.9 Å². The Balaban J connectivity index is 1.42. The number of thiazole rings is 1. The smallest absolute Gasteiger partial charge is 0.493 e. The molecule has 0 spiro atoms. The van der Waals surface area contributed by atoms with Crippen LogP contribution in [0, 0.1) is 17.5 Å². The van der Waals surface area contributed by atoms with Gasteiger partial charge in [0.1, 0.15) is 23.2 Å². The van der Waals surface area contributed by atoms with E-state index in [0.717, 1.165) is 47.9 Å². The maximum absolute atomic E-state index is 15.2. The van der Waals surface area contributed by atoms with Crippen molar-refractivity contribution in [3.05, 3.63) is 63.7 Å². The van der Waals surface area contributed by atoms with Crippen LogP contribution < -0.4 is 14.5 Å². The van der Waals surface area contributed by atoms with E-state index >= 15 is 13.2 Å². The van der Waals surface area contributed by atoms with Crippen LogP contribution in [-0.4, -0.2) is 49.6 Å². The van der Waals surface area contributed by atoms with Gasteiger partial charge in [-0.3, -0.25) is 4.90 Å². The fraction of sp³-hybridized carbons (Fsp3) is 0.385. The van der Waals surface area contributed by atoms with Crippen molar-refractivity contribution in [3.8, 4) is 5.75 Å². The molecule has 43 heavy (non-hydrogen) atoms. The zero-order chi connectivity index (χ0) is 31.1. The number of hydrogen-bond donors (Lipinski definition) is 1. The molecule has 3 heterocycles. The number of rotatable bonds is 10. The average Bonchev–Trinajstić information content (AvgIpc) is 3.69. The van der Waals surface area contributed by atoms with E-state index < -0.39 is 54.8 Å². The minimum Gasteiger partial charge on any atom is -0.496 e. The highest BCUT2D eigenvalue weighted by Gasteiger charge is 2.46. The lowest BCUT2D eigenvalue weighted by Gasteiger charge is -2.25. The zero-order valence-electron chi connectivity index (χ0n) is 22.3. The summed E-state index contributed by atoms with van der Waals surface area (Å²) in [6.45, 7) is 0.136. The van der Waals surface area contributed by atoms with Crippen LogP contribution in [0.5, 0.6) is 5.75 Å². The Bertz CT molecular complexity index is 1580. The number of carbonyl (C=O) groups excluding carboxylic acids is 1. The fourth-order valence-corrected chi connectivity index (χ4v) is 7.35. The number of aromatic nitrogens is 1. The molecule has 0 saturated carbocycles. The molecule has 5 rings (SSSR count). The summed E-state index contributed by atoms with van der Waals surface area (Å²) >= 11 is 0.717. The molecular formula is C26H24F6N4O5S2. The predicted molar refractivity (Wildman–Crippen MR) is 142 cm³/mol. The van der Waals surface area contributed by atoms with E-state index in [1.807, 2.05) is 0 Å². The number of nitrogens with zero attached hydrogens (tertiary/aromatic N) is 3. The first-order chi connectivity index (χ1) is 20.3. The normalized spacial score (nSPS) is 18.6. The highest BCUT2D eigenvalue weighted by molar-refractivity contribution is 7.92. The molecule has 2 fully saturated rings. The maximum Gasteiger partial charge on any atom is 0.493 e. The van der Waals surface area contributed by atoms with Gasteiger partial charge in [0.2, 0.25) is 0 Å². The second-order valence-corrected chi connectivity index (χ2v) is 12.3. The summed E-state index contributed by atoms with van der Waals surface area (Å²) in [6.07, 6.45) is -1.47. The summed E-state index contributed by atoms with van der Waals surface area (Å²) in [6, 6.07) is 4.57. The van der Waals surface area contributed by atoms with E-state index in [-0.39, 0.29) is 17.8 Å². The Morgan fingerprint density at radius 1 is 1.07 bits per heavy atom. The molecule has 17 heteroatoms. The van der Waals surface area contributed by atoms with Gasteiger partial charge in [0, 0.05) is 47.4 Å². The zero-order valence-corrected chi connectivity index (χ0v) is 24.0. The first kappa shape index (κ1) is 30.9. The molecule has 3 aromatic rings. The molecule has 2 bridgehead atoms. The highest BCUT2D eigenvalue weighted by Crippen LogP contribution is 2.40. The van der Waals surface area contributed by atoms with Crippen molar-refractivity contribution < 1.29 is 49.1 Å². The van der Waals surface area contributed by atoms with Gasteiger partial charge in [0.25, 0.3) is 0 Å². The number of fused-ring (bicyclic) bond motifs is 2. The maximum atomic E-state index is 15.2. The number of sulfonamides is 1. The van der Waals surface area contributed by atoms with Gasteiger partial charge in [-0.1, -0.05) is 4.47 Å². The molecule has 1 N–H and O–H groups in total. The van der Waals surface area contributed by atoms with E-state index in [4.69, 9.17) is 4.74 Å². The number of methoxy groups -OCH3 is 1. The summed E-state index contributed by atoms with van der Waals surface area (Å²) in [7, 11) is -4.15. The topological polar surface area (TPSA) is 101 Å². The van der Waals surface area contributed by atoms with Crippen LogP contribution in [0.3, 0.4) is 0 Å². The number of carbonyl (C=O) groups is 1. The monoisotopic (exact) mass is 650 g/mol. The molecule has 2 saturated heterocycles. The largest absolute Gasteiger partial charge is 0.496 e. The van der Waals surface area contributed by atoms with E-state index in [0.29, 0.717) is 42.1 Å². The lowest BCUT2D eigenvalue weighted by atomic mass is 10.0. The SMILES string of the molecule is COc1ccc(F)c(CNc2cc(F)c(S(=O)(=O)N(OC(=O)C(F)(F)F)c3cscn3)c(F)c2)c1CN1C2CCC1CC2. The Morgan fingerprint density at radius 3 is 2.23 bits per heavy atom. The van der Waals surface area contributed by atoms with Crippen molar-refractivity contribution >= 4 is 38.8 Å². The van der Waals surface area contributed by atoms with Crippen LogP contribution in [0.2, 0.25) is 0 Å². The molecule has 0 amide bonds. The molecule has 232 valence electrons. The molecule has 0 atom stereocenters. The van der Waals surface area contributed by atoms with Gasteiger partial charge in [-0.2, -0.15) is 21.6 Å². The molecule has 2 aromatic carbocycles. The number of ether oxygens (including phenoxy) is 1. The average molecular weight is 651 g/mol. The van der Waals surface area contributed by atoms with Crippen molar-refractivity contribution in [1.82, 2.24) is 9.88 Å². The number of halogens is 6. The Morgan fingerprint density at radius 2 is 1.70 bits per heavy atom. The van der Waals surface area contributed by atoms with E-state index in [2.05, 4.69) is 20.0 Å². The van der Waals surface area contributed by atoms with Crippen molar-refractivity contribution in [3.63, 3.8) is 0 Å². The second kappa shape index (κ2) is 11.8. The molecule has 9 nitrogen and oxygen atoms in total. The predicted octanol–water partition coefficient (Wildman–Crippen LogP) is 5.52. The van der Waals surface area contributed by atoms with Crippen molar-refractivity contribution in [2.24, 2.45) is 0 Å². The van der Waals surface area contributed by atoms with Gasteiger partial charge in [0.15, 0.2) is 10.7 Å². The summed E-state index contributed by atoms with van der Waals surface area (Å²) in [4.78, 5) is 19.5. The van der Waals surface area contributed by atoms with Gasteiger partial charge in [-0.25, -0.2) is 22.9 Å². The van der Waals surface area contributed by atoms with Crippen molar-refractivity contribution in [2.45, 2.75) is 61.9 Å². The Labute approximate surface area is 246 Å². The molecule has 0 aliphatic carbocycles. The van der Waals surface area contributed by atoms with Crippen molar-refractivity contribution in [1.29, 1.82) is 0 Å². The first-order valence-electron chi connectivity index (χ1n) is 12.9.